The summed E-state index contributed by atoms with van der Waals surface area (Å²) in [6, 6.07) is 0. The molecule has 0 aromatic carbocycles. The van der Waals surface area contributed by atoms with Crippen LogP contribution in [0, 0.1) is 6.92 Å². The van der Waals surface area contributed by atoms with E-state index in [2.05, 4.69) is 18.8 Å². The summed E-state index contributed by atoms with van der Waals surface area (Å²) in [4.78, 5) is 14.8. The maximum atomic E-state index is 10.6. The summed E-state index contributed by atoms with van der Waals surface area (Å²) in [5, 5.41) is 0. The molecule has 0 aliphatic heterocycles. The van der Waals surface area contributed by atoms with Gasteiger partial charge in [-0.1, -0.05) is 13.8 Å². The van der Waals surface area contributed by atoms with Crippen molar-refractivity contribution in [3.63, 3.8) is 0 Å². The van der Waals surface area contributed by atoms with E-state index in [1.165, 1.54) is 0 Å². The van der Waals surface area contributed by atoms with Gasteiger partial charge in [-0.25, -0.2) is 4.98 Å². The molecule has 0 aliphatic carbocycles. The molecule has 1 aromatic rings. The first kappa shape index (κ1) is 8.97. The molecule has 0 saturated heterocycles. The molecular weight excluding hydrogens is 152 g/mol. The van der Waals surface area contributed by atoms with Gasteiger partial charge in [-0.05, 0) is 12.8 Å². The van der Waals surface area contributed by atoms with Gasteiger partial charge < -0.3 is 4.57 Å². The number of hydrogen-bond acceptors (Lipinski definition) is 2. The standard InChI is InChI=1S/C9H14N2O/c1-6(2)9-8(5-12)10-7(3)11(9)4/h5-6H,1-4H3. The second-order valence-electron chi connectivity index (χ2n) is 3.26. The van der Waals surface area contributed by atoms with Crippen LogP contribution in [-0.2, 0) is 7.05 Å². The fraction of sp³-hybridized carbons (Fsp3) is 0.556. The monoisotopic (exact) mass is 166 g/mol. The van der Waals surface area contributed by atoms with Crippen molar-refractivity contribution >= 4 is 6.29 Å². The number of aldehydes is 1. The zero-order valence-corrected chi connectivity index (χ0v) is 7.96. The Morgan fingerprint density at radius 2 is 2.08 bits per heavy atom. The minimum Gasteiger partial charge on any atom is -0.334 e. The summed E-state index contributed by atoms with van der Waals surface area (Å²) in [6.45, 7) is 6.02. The van der Waals surface area contributed by atoms with Crippen molar-refractivity contribution in [2.45, 2.75) is 26.7 Å². The molecular formula is C9H14N2O. The Morgan fingerprint density at radius 3 is 2.42 bits per heavy atom. The van der Waals surface area contributed by atoms with Gasteiger partial charge in [0.1, 0.15) is 11.5 Å². The Morgan fingerprint density at radius 1 is 1.50 bits per heavy atom. The summed E-state index contributed by atoms with van der Waals surface area (Å²) in [6.07, 6.45) is 0.822. The van der Waals surface area contributed by atoms with E-state index >= 15 is 0 Å². The number of aromatic nitrogens is 2. The average molecular weight is 166 g/mol. The Kier molecular flexibility index (Phi) is 2.31. The Hall–Kier alpha value is -1.12. The molecule has 66 valence electrons. The van der Waals surface area contributed by atoms with Crippen LogP contribution in [-0.4, -0.2) is 15.8 Å². The van der Waals surface area contributed by atoms with Crippen molar-refractivity contribution in [1.82, 2.24) is 9.55 Å². The molecule has 0 radical (unpaired) electrons. The second-order valence-corrected chi connectivity index (χ2v) is 3.26. The molecule has 1 rings (SSSR count). The van der Waals surface area contributed by atoms with Crippen LogP contribution in [0.4, 0.5) is 0 Å². The number of nitrogens with zero attached hydrogens (tertiary/aromatic N) is 2. The molecule has 3 heteroatoms. The molecule has 1 aromatic heterocycles. The fourth-order valence-electron chi connectivity index (χ4n) is 1.42. The van der Waals surface area contributed by atoms with Crippen molar-refractivity contribution in [3.8, 4) is 0 Å². The molecule has 0 fully saturated rings. The molecule has 0 unspecified atom stereocenters. The summed E-state index contributed by atoms with van der Waals surface area (Å²) in [5.74, 6) is 1.23. The van der Waals surface area contributed by atoms with Crippen LogP contribution in [0.25, 0.3) is 0 Å². The highest BCUT2D eigenvalue weighted by Gasteiger charge is 2.13. The number of aryl methyl sites for hydroxylation is 1. The lowest BCUT2D eigenvalue weighted by atomic mass is 10.1. The van der Waals surface area contributed by atoms with Gasteiger partial charge in [0.25, 0.3) is 0 Å². The summed E-state index contributed by atoms with van der Waals surface area (Å²) >= 11 is 0. The second kappa shape index (κ2) is 3.09. The van der Waals surface area contributed by atoms with E-state index in [0.717, 1.165) is 17.8 Å². The van der Waals surface area contributed by atoms with Gasteiger partial charge >= 0.3 is 0 Å². The molecule has 0 amide bonds. The third-order valence-corrected chi connectivity index (χ3v) is 2.05. The maximum Gasteiger partial charge on any atom is 0.170 e. The fourth-order valence-corrected chi connectivity index (χ4v) is 1.42. The number of rotatable bonds is 2. The highest BCUT2D eigenvalue weighted by molar-refractivity contribution is 5.74. The topological polar surface area (TPSA) is 34.9 Å². The van der Waals surface area contributed by atoms with Gasteiger partial charge in [-0.3, -0.25) is 4.79 Å². The molecule has 12 heavy (non-hydrogen) atoms. The van der Waals surface area contributed by atoms with E-state index in [0.29, 0.717) is 11.6 Å². The van der Waals surface area contributed by atoms with Crippen LogP contribution in [0.1, 0.15) is 41.8 Å². The van der Waals surface area contributed by atoms with E-state index in [9.17, 15) is 4.79 Å². The minimum atomic E-state index is 0.344. The first-order valence-electron chi connectivity index (χ1n) is 4.06. The molecule has 0 atom stereocenters. The SMILES string of the molecule is Cc1nc(C=O)c(C(C)C)n1C. The lowest BCUT2D eigenvalue weighted by Crippen LogP contribution is -2.02. The van der Waals surface area contributed by atoms with Crippen LogP contribution in [0.5, 0.6) is 0 Å². The lowest BCUT2D eigenvalue weighted by molar-refractivity contribution is 0.111. The van der Waals surface area contributed by atoms with E-state index in [4.69, 9.17) is 0 Å². The Balaban J connectivity index is 3.30. The number of hydrogen-bond donors (Lipinski definition) is 0. The van der Waals surface area contributed by atoms with E-state index in [1.807, 2.05) is 18.5 Å². The van der Waals surface area contributed by atoms with Crippen molar-refractivity contribution < 1.29 is 4.79 Å². The summed E-state index contributed by atoms with van der Waals surface area (Å²) < 4.78 is 1.97. The smallest absolute Gasteiger partial charge is 0.170 e. The van der Waals surface area contributed by atoms with E-state index in [-0.39, 0.29) is 0 Å². The minimum absolute atomic E-state index is 0.344. The van der Waals surface area contributed by atoms with Crippen LogP contribution in [0.2, 0.25) is 0 Å². The maximum absolute atomic E-state index is 10.6. The zero-order chi connectivity index (χ0) is 9.30. The number of carbonyl (C=O) groups excluding carboxylic acids is 1. The third-order valence-electron chi connectivity index (χ3n) is 2.05. The highest BCUT2D eigenvalue weighted by atomic mass is 16.1. The predicted octanol–water partition coefficient (Wildman–Crippen LogP) is 1.66. The quantitative estimate of drug-likeness (QED) is 0.626. The summed E-state index contributed by atoms with van der Waals surface area (Å²) in [7, 11) is 1.94. The van der Waals surface area contributed by atoms with Gasteiger partial charge in [0.15, 0.2) is 6.29 Å². The first-order chi connectivity index (χ1) is 5.57. The molecule has 1 heterocycles. The number of imidazole rings is 1. The zero-order valence-electron chi connectivity index (χ0n) is 7.96. The highest BCUT2D eigenvalue weighted by Crippen LogP contribution is 2.18. The average Bonchev–Trinajstić information content (AvgIpc) is 2.28. The van der Waals surface area contributed by atoms with Crippen LogP contribution in [0.15, 0.2) is 0 Å². The molecule has 0 spiro atoms. The van der Waals surface area contributed by atoms with Crippen molar-refractivity contribution in [3.05, 3.63) is 17.2 Å². The normalized spacial score (nSPS) is 10.8. The van der Waals surface area contributed by atoms with Crippen molar-refractivity contribution in [2.75, 3.05) is 0 Å². The van der Waals surface area contributed by atoms with E-state index < -0.39 is 0 Å². The van der Waals surface area contributed by atoms with Crippen LogP contribution >= 0.6 is 0 Å². The molecule has 3 nitrogen and oxygen atoms in total. The van der Waals surface area contributed by atoms with E-state index in [1.54, 1.807) is 0 Å². The predicted molar refractivity (Wildman–Crippen MR) is 47.4 cm³/mol. The van der Waals surface area contributed by atoms with Crippen LogP contribution in [0.3, 0.4) is 0 Å². The van der Waals surface area contributed by atoms with Crippen LogP contribution < -0.4 is 0 Å². The lowest BCUT2D eigenvalue weighted by Gasteiger charge is -2.06. The van der Waals surface area contributed by atoms with Gasteiger partial charge in [-0.2, -0.15) is 0 Å². The van der Waals surface area contributed by atoms with Gasteiger partial charge in [-0.15, -0.1) is 0 Å². The van der Waals surface area contributed by atoms with Gasteiger partial charge in [0.05, 0.1) is 5.69 Å². The van der Waals surface area contributed by atoms with Gasteiger partial charge in [0, 0.05) is 7.05 Å². The molecule has 0 N–H and O–H groups in total. The Labute approximate surface area is 72.4 Å². The Bertz CT molecular complexity index is 300. The molecule has 0 aliphatic rings. The largest absolute Gasteiger partial charge is 0.334 e. The molecule has 0 bridgehead atoms. The molecule has 0 saturated carbocycles. The third kappa shape index (κ3) is 1.26. The van der Waals surface area contributed by atoms with Crippen molar-refractivity contribution in [1.29, 1.82) is 0 Å². The number of carbonyl (C=O) groups is 1. The van der Waals surface area contributed by atoms with Gasteiger partial charge in [0.2, 0.25) is 0 Å². The van der Waals surface area contributed by atoms with Crippen molar-refractivity contribution in [2.24, 2.45) is 7.05 Å². The summed E-state index contributed by atoms with van der Waals surface area (Å²) in [5.41, 5.74) is 1.59. The first-order valence-corrected chi connectivity index (χ1v) is 4.06.